The molecule has 4 nitrogen and oxygen atoms in total. The number of hydrogen-bond acceptors (Lipinski definition) is 4. The van der Waals surface area contributed by atoms with Crippen molar-refractivity contribution in [3.63, 3.8) is 0 Å². The SMILES string of the molecule is C#CCO[C@@H]1CO[C@H]2[C@@H]1OC[C@H]2O[Si](C)(C)C(C)(C)C. The first-order valence-corrected chi connectivity index (χ1v) is 10.1. The van der Waals surface area contributed by atoms with Crippen LogP contribution in [-0.2, 0) is 18.6 Å². The summed E-state index contributed by atoms with van der Waals surface area (Å²) in [6, 6.07) is 0. The Labute approximate surface area is 123 Å². The van der Waals surface area contributed by atoms with Crippen molar-refractivity contribution in [2.45, 2.75) is 63.3 Å². The first-order chi connectivity index (χ1) is 9.26. The summed E-state index contributed by atoms with van der Waals surface area (Å²) in [5.74, 6) is 2.49. The van der Waals surface area contributed by atoms with Gasteiger partial charge in [0.15, 0.2) is 8.32 Å². The van der Waals surface area contributed by atoms with E-state index in [-0.39, 0.29) is 29.5 Å². The third-order valence-electron chi connectivity index (χ3n) is 4.60. The Kier molecular flexibility index (Phi) is 4.62. The molecular weight excluding hydrogens is 272 g/mol. The van der Waals surface area contributed by atoms with E-state index in [1.54, 1.807) is 0 Å². The number of terminal acetylenes is 1. The predicted octanol–water partition coefficient (Wildman–Crippen LogP) is 2.19. The van der Waals surface area contributed by atoms with Crippen LogP contribution in [0.2, 0.25) is 18.1 Å². The molecule has 2 fully saturated rings. The van der Waals surface area contributed by atoms with Crippen LogP contribution >= 0.6 is 0 Å². The van der Waals surface area contributed by atoms with E-state index in [0.717, 1.165) is 0 Å². The van der Waals surface area contributed by atoms with E-state index in [1.165, 1.54) is 0 Å². The predicted molar refractivity (Wildman–Crippen MR) is 80.1 cm³/mol. The standard InChI is InChI=1S/C15H26O4Si/c1-7-8-16-11-9-17-14-12(10-18-13(11)14)19-20(5,6)15(2,3)4/h1,11-14H,8-10H2,2-6H3/t11-,12-,13-,14-/m1/s1. The van der Waals surface area contributed by atoms with E-state index in [1.807, 2.05) is 0 Å². The first kappa shape index (κ1) is 16.0. The maximum atomic E-state index is 6.42. The zero-order valence-electron chi connectivity index (χ0n) is 13.1. The Bertz CT molecular complexity index is 382. The molecule has 20 heavy (non-hydrogen) atoms. The van der Waals surface area contributed by atoms with Crippen LogP contribution in [0, 0.1) is 12.3 Å². The van der Waals surface area contributed by atoms with Gasteiger partial charge in [-0.05, 0) is 18.1 Å². The smallest absolute Gasteiger partial charge is 0.192 e. The van der Waals surface area contributed by atoms with Crippen LogP contribution in [0.25, 0.3) is 0 Å². The minimum atomic E-state index is -1.81. The zero-order chi connectivity index (χ0) is 15.0. The third-order valence-corrected chi connectivity index (χ3v) is 9.10. The van der Waals surface area contributed by atoms with Crippen LogP contribution in [-0.4, -0.2) is 52.6 Å². The highest BCUT2D eigenvalue weighted by Gasteiger charge is 2.51. The van der Waals surface area contributed by atoms with Crippen LogP contribution in [0.3, 0.4) is 0 Å². The second kappa shape index (κ2) is 5.78. The molecule has 0 aromatic heterocycles. The Morgan fingerprint density at radius 3 is 2.25 bits per heavy atom. The Hall–Kier alpha value is -0.383. The second-order valence-corrected chi connectivity index (χ2v) is 11.8. The molecule has 4 atom stereocenters. The number of fused-ring (bicyclic) bond motifs is 1. The molecule has 2 rings (SSSR count). The normalized spacial score (nSPS) is 34.0. The average Bonchev–Trinajstić information content (AvgIpc) is 2.88. The average molecular weight is 298 g/mol. The van der Waals surface area contributed by atoms with Gasteiger partial charge in [-0.15, -0.1) is 6.42 Å². The third kappa shape index (κ3) is 3.10. The lowest BCUT2D eigenvalue weighted by molar-refractivity contribution is -0.0252. The Morgan fingerprint density at radius 1 is 1.15 bits per heavy atom. The first-order valence-electron chi connectivity index (χ1n) is 7.22. The Balaban J connectivity index is 1.96. The van der Waals surface area contributed by atoms with Gasteiger partial charge in [0.2, 0.25) is 0 Å². The minimum Gasteiger partial charge on any atom is -0.409 e. The summed E-state index contributed by atoms with van der Waals surface area (Å²) in [7, 11) is -1.81. The highest BCUT2D eigenvalue weighted by Crippen LogP contribution is 2.40. The molecule has 0 radical (unpaired) electrons. The molecule has 0 spiro atoms. The van der Waals surface area contributed by atoms with Crippen molar-refractivity contribution in [3.05, 3.63) is 0 Å². The van der Waals surface area contributed by atoms with Crippen molar-refractivity contribution in [1.82, 2.24) is 0 Å². The quantitative estimate of drug-likeness (QED) is 0.589. The van der Waals surface area contributed by atoms with Gasteiger partial charge in [0.1, 0.15) is 24.9 Å². The van der Waals surface area contributed by atoms with E-state index in [0.29, 0.717) is 19.8 Å². The van der Waals surface area contributed by atoms with Crippen LogP contribution in [0.1, 0.15) is 20.8 Å². The maximum absolute atomic E-state index is 6.42. The maximum Gasteiger partial charge on any atom is 0.192 e. The summed E-state index contributed by atoms with van der Waals surface area (Å²) >= 11 is 0. The van der Waals surface area contributed by atoms with Crippen LogP contribution in [0.5, 0.6) is 0 Å². The van der Waals surface area contributed by atoms with Gasteiger partial charge in [-0.1, -0.05) is 26.7 Å². The molecule has 114 valence electrons. The van der Waals surface area contributed by atoms with Crippen LogP contribution in [0.15, 0.2) is 0 Å². The summed E-state index contributed by atoms with van der Waals surface area (Å²) in [5, 5.41) is 0.184. The lowest BCUT2D eigenvalue weighted by Gasteiger charge is -2.39. The van der Waals surface area contributed by atoms with Gasteiger partial charge in [-0.3, -0.25) is 0 Å². The van der Waals surface area contributed by atoms with Crippen molar-refractivity contribution in [2.24, 2.45) is 0 Å². The number of rotatable bonds is 4. The fourth-order valence-corrected chi connectivity index (χ4v) is 3.70. The summed E-state index contributed by atoms with van der Waals surface area (Å²) < 4.78 is 23.7. The summed E-state index contributed by atoms with van der Waals surface area (Å²) in [6.45, 7) is 12.6. The van der Waals surface area contributed by atoms with Gasteiger partial charge in [0.05, 0.1) is 19.3 Å². The van der Waals surface area contributed by atoms with Crippen LogP contribution in [0.4, 0.5) is 0 Å². The van der Waals surface area contributed by atoms with Gasteiger partial charge in [-0.25, -0.2) is 0 Å². The molecule has 0 saturated carbocycles. The molecule has 2 saturated heterocycles. The topological polar surface area (TPSA) is 36.9 Å². The van der Waals surface area contributed by atoms with Crippen molar-refractivity contribution in [2.75, 3.05) is 19.8 Å². The van der Waals surface area contributed by atoms with Gasteiger partial charge in [0, 0.05) is 0 Å². The number of ether oxygens (including phenoxy) is 3. The molecule has 0 bridgehead atoms. The summed E-state index contributed by atoms with van der Waals surface area (Å²) in [5.41, 5.74) is 0. The van der Waals surface area contributed by atoms with Gasteiger partial charge < -0.3 is 18.6 Å². The fourth-order valence-electron chi connectivity index (χ4n) is 2.38. The van der Waals surface area contributed by atoms with E-state index in [4.69, 9.17) is 25.1 Å². The summed E-state index contributed by atoms with van der Waals surface area (Å²) in [4.78, 5) is 0. The molecule has 0 amide bonds. The summed E-state index contributed by atoms with van der Waals surface area (Å²) in [6.07, 6.45) is 5.11. The van der Waals surface area contributed by atoms with Crippen molar-refractivity contribution < 1.29 is 18.6 Å². The molecule has 0 aromatic carbocycles. The molecule has 0 aromatic rings. The lowest BCUT2D eigenvalue weighted by atomic mass is 10.1. The largest absolute Gasteiger partial charge is 0.409 e. The second-order valence-electron chi connectivity index (χ2n) is 7.07. The zero-order valence-corrected chi connectivity index (χ0v) is 14.1. The van der Waals surface area contributed by atoms with Crippen LogP contribution < -0.4 is 0 Å². The molecule has 0 N–H and O–H groups in total. The molecule has 2 aliphatic rings. The van der Waals surface area contributed by atoms with Gasteiger partial charge >= 0.3 is 0 Å². The molecule has 0 aliphatic carbocycles. The molecule has 2 aliphatic heterocycles. The van der Waals surface area contributed by atoms with E-state index in [2.05, 4.69) is 39.8 Å². The van der Waals surface area contributed by atoms with Gasteiger partial charge in [-0.2, -0.15) is 0 Å². The highest BCUT2D eigenvalue weighted by molar-refractivity contribution is 6.74. The molecule has 2 heterocycles. The molecular formula is C15H26O4Si. The Morgan fingerprint density at radius 2 is 1.70 bits per heavy atom. The van der Waals surface area contributed by atoms with Crippen molar-refractivity contribution in [3.8, 4) is 12.3 Å². The number of hydrogen-bond donors (Lipinski definition) is 0. The van der Waals surface area contributed by atoms with Crippen molar-refractivity contribution >= 4 is 8.32 Å². The molecule has 5 heteroatoms. The fraction of sp³-hybridized carbons (Fsp3) is 0.867. The molecule has 0 unspecified atom stereocenters. The lowest BCUT2D eigenvalue weighted by Crippen LogP contribution is -2.47. The van der Waals surface area contributed by atoms with E-state index < -0.39 is 8.32 Å². The monoisotopic (exact) mass is 298 g/mol. The van der Waals surface area contributed by atoms with E-state index >= 15 is 0 Å². The van der Waals surface area contributed by atoms with Gasteiger partial charge in [0.25, 0.3) is 0 Å². The van der Waals surface area contributed by atoms with Crippen molar-refractivity contribution in [1.29, 1.82) is 0 Å². The minimum absolute atomic E-state index is 0.0142. The highest BCUT2D eigenvalue weighted by atomic mass is 28.4. The van der Waals surface area contributed by atoms with E-state index in [9.17, 15) is 0 Å².